The van der Waals surface area contributed by atoms with Crippen molar-refractivity contribution < 1.29 is 18.7 Å². The summed E-state index contributed by atoms with van der Waals surface area (Å²) in [4.78, 5) is 12.0. The largest absolute Gasteiger partial charge is 0.487 e. The molecule has 3 aromatic carbocycles. The van der Waals surface area contributed by atoms with Gasteiger partial charge in [0.25, 0.3) is 0 Å². The fourth-order valence-corrected chi connectivity index (χ4v) is 4.02. The predicted octanol–water partition coefficient (Wildman–Crippen LogP) is 5.98. The first-order valence-corrected chi connectivity index (χ1v) is 11.5. The van der Waals surface area contributed by atoms with Crippen LogP contribution in [0.4, 0.5) is 4.39 Å². The Kier molecular flexibility index (Phi) is 7.11. The van der Waals surface area contributed by atoms with Crippen molar-refractivity contribution in [3.63, 3.8) is 0 Å². The number of nitrogens with zero attached hydrogens (tertiary/aromatic N) is 3. The van der Waals surface area contributed by atoms with E-state index in [4.69, 9.17) is 14.6 Å². The summed E-state index contributed by atoms with van der Waals surface area (Å²) in [5.74, 6) is -0.280. The van der Waals surface area contributed by atoms with Crippen molar-refractivity contribution >= 4 is 16.9 Å². The first kappa shape index (κ1) is 24.0. The number of carbonyl (C=O) groups is 1. The molecule has 6 nitrogen and oxygen atoms in total. The zero-order valence-electron chi connectivity index (χ0n) is 19.9. The van der Waals surface area contributed by atoms with Crippen molar-refractivity contribution in [2.24, 2.45) is 0 Å². The average molecular weight is 472 g/mol. The number of aromatic nitrogens is 2. The summed E-state index contributed by atoms with van der Waals surface area (Å²) < 4.78 is 27.9. The number of ether oxygens (including phenoxy) is 2. The summed E-state index contributed by atoms with van der Waals surface area (Å²) in [5.41, 5.74) is 3.34. The van der Waals surface area contributed by atoms with E-state index in [1.807, 2.05) is 67.1 Å². The van der Waals surface area contributed by atoms with E-state index >= 15 is 0 Å². The van der Waals surface area contributed by atoms with Crippen molar-refractivity contribution in [1.29, 1.82) is 5.26 Å². The summed E-state index contributed by atoms with van der Waals surface area (Å²) >= 11 is 0. The van der Waals surface area contributed by atoms with Crippen molar-refractivity contribution in [1.82, 2.24) is 9.78 Å². The van der Waals surface area contributed by atoms with Gasteiger partial charge in [0.15, 0.2) is 0 Å². The van der Waals surface area contributed by atoms with Crippen LogP contribution in [-0.2, 0) is 22.6 Å². The molecule has 0 saturated carbocycles. The Hall–Kier alpha value is -4.18. The summed E-state index contributed by atoms with van der Waals surface area (Å²) in [6, 6.07) is 19.7. The number of hydrogen-bond donors (Lipinski definition) is 0. The highest BCUT2D eigenvalue weighted by molar-refractivity contribution is 5.87. The molecule has 0 atom stereocenters. The van der Waals surface area contributed by atoms with Gasteiger partial charge in [-0.15, -0.1) is 0 Å². The molecule has 7 heteroatoms. The van der Waals surface area contributed by atoms with E-state index in [1.54, 1.807) is 19.1 Å². The highest BCUT2D eigenvalue weighted by Crippen LogP contribution is 2.31. The third-order valence-corrected chi connectivity index (χ3v) is 5.68. The second-order valence-corrected chi connectivity index (χ2v) is 8.37. The first-order valence-electron chi connectivity index (χ1n) is 11.5. The fourth-order valence-electron chi connectivity index (χ4n) is 4.02. The molecule has 1 heterocycles. The van der Waals surface area contributed by atoms with Crippen molar-refractivity contribution in [3.8, 4) is 22.9 Å². The van der Waals surface area contributed by atoms with E-state index in [1.165, 1.54) is 6.07 Å². The van der Waals surface area contributed by atoms with Gasteiger partial charge in [-0.05, 0) is 50.6 Å². The minimum atomic E-state index is -0.545. The molecule has 0 aliphatic carbocycles. The van der Waals surface area contributed by atoms with Crippen LogP contribution in [-0.4, -0.2) is 22.4 Å². The van der Waals surface area contributed by atoms with Gasteiger partial charge in [-0.1, -0.05) is 36.4 Å². The third-order valence-electron chi connectivity index (χ3n) is 5.68. The lowest BCUT2D eigenvalue weighted by Crippen LogP contribution is -2.09. The number of fused-ring (bicyclic) bond motifs is 1. The minimum Gasteiger partial charge on any atom is -0.487 e. The molecule has 0 amide bonds. The molecule has 0 unspecified atom stereocenters. The van der Waals surface area contributed by atoms with E-state index < -0.39 is 5.82 Å². The Labute approximate surface area is 203 Å². The molecular formula is C28H26FN3O3. The van der Waals surface area contributed by atoms with Gasteiger partial charge < -0.3 is 9.47 Å². The predicted molar refractivity (Wildman–Crippen MR) is 131 cm³/mol. The van der Waals surface area contributed by atoms with Gasteiger partial charge in [0, 0.05) is 22.6 Å². The molecule has 0 aliphatic rings. The lowest BCUT2D eigenvalue weighted by atomic mass is 10.0. The van der Waals surface area contributed by atoms with Crippen molar-refractivity contribution in [2.45, 2.75) is 39.8 Å². The smallest absolute Gasteiger partial charge is 0.310 e. The molecule has 35 heavy (non-hydrogen) atoms. The van der Waals surface area contributed by atoms with Crippen LogP contribution in [0.15, 0.2) is 60.7 Å². The number of hydrogen-bond acceptors (Lipinski definition) is 5. The molecule has 0 aliphatic heterocycles. The quantitative estimate of drug-likeness (QED) is 0.296. The summed E-state index contributed by atoms with van der Waals surface area (Å²) in [6.45, 7) is 6.33. The Morgan fingerprint density at radius 1 is 1.14 bits per heavy atom. The standard InChI is InChI=1S/C28H26FN3O3/c1-4-34-27(33)15-20-8-5-6-11-26(20)35-17-24-23-14-19(12-13-25(23)32(31-24)18(2)3)22-10-7-9-21(16-30)28(22)29/h5-14,18H,4,15,17H2,1-3H3. The molecule has 0 saturated heterocycles. The number of rotatable bonds is 8. The molecule has 4 rings (SSSR count). The first-order chi connectivity index (χ1) is 16.9. The van der Waals surface area contributed by atoms with Crippen molar-refractivity contribution in [2.75, 3.05) is 6.61 Å². The van der Waals surface area contributed by atoms with Crippen LogP contribution in [0.1, 0.15) is 43.6 Å². The third kappa shape index (κ3) is 5.02. The number of esters is 1. The van der Waals surface area contributed by atoms with Crippen molar-refractivity contribution in [3.05, 3.63) is 83.3 Å². The second kappa shape index (κ2) is 10.4. The van der Waals surface area contributed by atoms with Gasteiger partial charge in [0.05, 0.1) is 24.1 Å². The number of nitriles is 1. The molecule has 0 fully saturated rings. The second-order valence-electron chi connectivity index (χ2n) is 8.37. The number of benzene rings is 3. The molecule has 0 N–H and O–H groups in total. The van der Waals surface area contributed by atoms with Gasteiger partial charge in [0.2, 0.25) is 0 Å². The lowest BCUT2D eigenvalue weighted by molar-refractivity contribution is -0.142. The highest BCUT2D eigenvalue weighted by Gasteiger charge is 2.17. The van der Waals surface area contributed by atoms with Crippen LogP contribution in [0, 0.1) is 17.1 Å². The maximum atomic E-state index is 14.9. The molecule has 0 bridgehead atoms. The zero-order chi connectivity index (χ0) is 24.9. The summed E-state index contributed by atoms with van der Waals surface area (Å²) in [7, 11) is 0. The Bertz CT molecular complexity index is 1420. The van der Waals surface area contributed by atoms with Gasteiger partial charge >= 0.3 is 5.97 Å². The topological polar surface area (TPSA) is 77.1 Å². The Morgan fingerprint density at radius 3 is 2.69 bits per heavy atom. The normalized spacial score (nSPS) is 11.0. The van der Waals surface area contributed by atoms with Crippen LogP contribution < -0.4 is 4.74 Å². The van der Waals surface area contributed by atoms with E-state index in [0.717, 1.165) is 16.5 Å². The van der Waals surface area contributed by atoms with Gasteiger partial charge in [-0.25, -0.2) is 4.39 Å². The average Bonchev–Trinajstić information content (AvgIpc) is 3.22. The van der Waals surface area contributed by atoms with Crippen LogP contribution in [0.2, 0.25) is 0 Å². The molecule has 4 aromatic rings. The van der Waals surface area contributed by atoms with Gasteiger partial charge in [0.1, 0.15) is 29.9 Å². The molecule has 0 spiro atoms. The maximum Gasteiger partial charge on any atom is 0.310 e. The number of halogens is 1. The maximum absolute atomic E-state index is 14.9. The van der Waals surface area contributed by atoms with E-state index in [9.17, 15) is 14.4 Å². The SMILES string of the molecule is CCOC(=O)Cc1ccccc1OCc1nn(C(C)C)c2ccc(-c3cccc(C#N)c3F)cc12. The minimum absolute atomic E-state index is 0.00207. The summed E-state index contributed by atoms with van der Waals surface area (Å²) in [5, 5.41) is 14.8. The zero-order valence-corrected chi connectivity index (χ0v) is 19.9. The van der Waals surface area contributed by atoms with Gasteiger partial charge in [-0.3, -0.25) is 9.48 Å². The van der Waals surface area contributed by atoms with Crippen LogP contribution >= 0.6 is 0 Å². The lowest BCUT2D eigenvalue weighted by Gasteiger charge is -2.10. The molecule has 0 radical (unpaired) electrons. The molecular weight excluding hydrogens is 445 g/mol. The van der Waals surface area contributed by atoms with Crippen LogP contribution in [0.3, 0.4) is 0 Å². The Morgan fingerprint density at radius 2 is 1.94 bits per heavy atom. The Balaban J connectivity index is 1.70. The molecule has 1 aromatic heterocycles. The monoisotopic (exact) mass is 471 g/mol. The van der Waals surface area contributed by atoms with Crippen LogP contribution in [0.25, 0.3) is 22.0 Å². The molecule has 178 valence electrons. The van der Waals surface area contributed by atoms with E-state index in [-0.39, 0.29) is 30.6 Å². The highest BCUT2D eigenvalue weighted by atomic mass is 19.1. The van der Waals surface area contributed by atoms with Gasteiger partial charge in [-0.2, -0.15) is 10.4 Å². The van der Waals surface area contributed by atoms with E-state index in [0.29, 0.717) is 29.2 Å². The number of para-hydroxylation sites is 1. The fraction of sp³-hybridized carbons (Fsp3) is 0.250. The van der Waals surface area contributed by atoms with E-state index in [2.05, 4.69) is 0 Å². The number of carbonyl (C=O) groups excluding carboxylic acids is 1. The summed E-state index contributed by atoms with van der Waals surface area (Å²) in [6.07, 6.45) is 0.115. The van der Waals surface area contributed by atoms with Crippen LogP contribution in [0.5, 0.6) is 5.75 Å².